The highest BCUT2D eigenvalue weighted by atomic mass is 16.6. The van der Waals surface area contributed by atoms with Crippen LogP contribution in [0.4, 0.5) is 4.79 Å². The molecule has 3 atom stereocenters. The van der Waals surface area contributed by atoms with Gasteiger partial charge in [-0.25, -0.2) is 4.79 Å². The summed E-state index contributed by atoms with van der Waals surface area (Å²) in [5.41, 5.74) is -0.617. The highest BCUT2D eigenvalue weighted by Gasteiger charge is 2.48. The van der Waals surface area contributed by atoms with Gasteiger partial charge in [0, 0.05) is 34.2 Å². The van der Waals surface area contributed by atoms with E-state index in [4.69, 9.17) is 14.2 Å². The minimum atomic E-state index is -0.617. The topological polar surface area (TPSA) is 68.3 Å². The number of ether oxygens (including phenoxy) is 3. The van der Waals surface area contributed by atoms with Crippen LogP contribution in [0.25, 0.3) is 0 Å². The zero-order chi connectivity index (χ0) is 15.8. The lowest BCUT2D eigenvalue weighted by atomic mass is 9.89. The Balaban J connectivity index is 2.14. The Bertz CT molecular complexity index is 426. The van der Waals surface area contributed by atoms with Gasteiger partial charge in [-0.3, -0.25) is 14.6 Å². The van der Waals surface area contributed by atoms with Gasteiger partial charge in [0.1, 0.15) is 12.3 Å². The van der Waals surface area contributed by atoms with Crippen molar-refractivity contribution in [2.75, 3.05) is 34.4 Å². The molecule has 0 aromatic rings. The van der Waals surface area contributed by atoms with Crippen LogP contribution in [0, 0.1) is 5.41 Å². The Kier molecular flexibility index (Phi) is 4.55. The molecule has 2 aliphatic heterocycles. The number of amides is 3. The second-order valence-corrected chi connectivity index (χ2v) is 6.25. The summed E-state index contributed by atoms with van der Waals surface area (Å²) >= 11 is 0. The largest absolute Gasteiger partial charge is 0.382 e. The van der Waals surface area contributed by atoms with Crippen LogP contribution in [0.1, 0.15) is 20.3 Å². The van der Waals surface area contributed by atoms with E-state index in [1.807, 2.05) is 13.8 Å². The number of methoxy groups -OCH3 is 2. The third-order valence-electron chi connectivity index (χ3n) is 4.14. The molecule has 0 radical (unpaired) electrons. The third kappa shape index (κ3) is 2.90. The molecule has 120 valence electrons. The van der Waals surface area contributed by atoms with E-state index in [0.717, 1.165) is 4.90 Å². The van der Waals surface area contributed by atoms with Gasteiger partial charge in [0.05, 0.1) is 18.1 Å². The van der Waals surface area contributed by atoms with Crippen molar-refractivity contribution in [1.82, 2.24) is 9.80 Å². The van der Waals surface area contributed by atoms with Crippen LogP contribution in [0.3, 0.4) is 0 Å². The predicted molar refractivity (Wildman–Crippen MR) is 74.6 cm³/mol. The first-order valence-corrected chi connectivity index (χ1v) is 7.07. The fourth-order valence-electron chi connectivity index (χ4n) is 2.97. The van der Waals surface area contributed by atoms with Gasteiger partial charge < -0.3 is 14.2 Å². The Morgan fingerprint density at radius 2 is 2.00 bits per heavy atom. The van der Waals surface area contributed by atoms with Crippen molar-refractivity contribution in [3.63, 3.8) is 0 Å². The number of carbonyl (C=O) groups excluding carboxylic acids is 2. The van der Waals surface area contributed by atoms with Gasteiger partial charge >= 0.3 is 6.03 Å². The van der Waals surface area contributed by atoms with Crippen LogP contribution in [0.5, 0.6) is 0 Å². The normalized spacial score (nSPS) is 32.9. The number of rotatable bonds is 4. The number of nitrogens with zero attached hydrogens (tertiary/aromatic N) is 2. The Labute approximate surface area is 125 Å². The summed E-state index contributed by atoms with van der Waals surface area (Å²) in [7, 11) is 4.73. The van der Waals surface area contributed by atoms with Crippen LogP contribution in [-0.4, -0.2) is 74.6 Å². The molecule has 2 fully saturated rings. The van der Waals surface area contributed by atoms with E-state index in [0.29, 0.717) is 19.6 Å². The first kappa shape index (κ1) is 16.2. The van der Waals surface area contributed by atoms with Crippen molar-refractivity contribution in [3.8, 4) is 0 Å². The minimum Gasteiger partial charge on any atom is -0.382 e. The quantitative estimate of drug-likeness (QED) is 0.764. The number of imide groups is 1. The van der Waals surface area contributed by atoms with Crippen molar-refractivity contribution >= 4 is 11.9 Å². The Hall–Kier alpha value is -1.18. The van der Waals surface area contributed by atoms with Crippen LogP contribution in [0.15, 0.2) is 0 Å². The van der Waals surface area contributed by atoms with Gasteiger partial charge in [-0.2, -0.15) is 0 Å². The lowest BCUT2D eigenvalue weighted by molar-refractivity contribution is -0.146. The molecule has 2 aliphatic rings. The van der Waals surface area contributed by atoms with Crippen LogP contribution in [0.2, 0.25) is 0 Å². The molecule has 7 heteroatoms. The molecule has 21 heavy (non-hydrogen) atoms. The Morgan fingerprint density at radius 1 is 1.33 bits per heavy atom. The summed E-state index contributed by atoms with van der Waals surface area (Å²) in [5.74, 6) is -0.168. The standard InChI is InChI=1S/C14H24N2O5/c1-14(2)8-16(13(18)15(3)12(14)17)11-6-9(20-5)10(21-11)7-19-4/h9-11H,6-8H2,1-5H3/t9-,10+,11+/m0/s1. The summed E-state index contributed by atoms with van der Waals surface area (Å²) in [4.78, 5) is 27.2. The predicted octanol–water partition coefficient (Wildman–Crippen LogP) is 0.683. The van der Waals surface area contributed by atoms with Crippen molar-refractivity contribution in [3.05, 3.63) is 0 Å². The molecule has 2 rings (SSSR count). The number of carbonyl (C=O) groups is 2. The third-order valence-corrected chi connectivity index (χ3v) is 4.14. The maximum absolute atomic E-state index is 12.3. The van der Waals surface area contributed by atoms with Gasteiger partial charge in [-0.05, 0) is 13.8 Å². The van der Waals surface area contributed by atoms with Gasteiger partial charge in [-0.1, -0.05) is 0 Å². The number of hydrogen-bond acceptors (Lipinski definition) is 5. The summed E-state index contributed by atoms with van der Waals surface area (Å²) in [6.07, 6.45) is -0.135. The first-order chi connectivity index (χ1) is 9.81. The molecule has 2 heterocycles. The maximum Gasteiger partial charge on any atom is 0.328 e. The lowest BCUT2D eigenvalue weighted by Gasteiger charge is -2.43. The molecule has 2 saturated heterocycles. The van der Waals surface area contributed by atoms with Crippen molar-refractivity contribution in [1.29, 1.82) is 0 Å². The molecule has 3 amide bonds. The van der Waals surface area contributed by atoms with E-state index in [9.17, 15) is 9.59 Å². The molecule has 7 nitrogen and oxygen atoms in total. The van der Waals surface area contributed by atoms with Gasteiger partial charge in [0.25, 0.3) is 0 Å². The summed E-state index contributed by atoms with van der Waals surface area (Å²) in [6.45, 7) is 4.42. The SMILES string of the molecule is COC[C@H]1O[C@@H](N2CC(C)(C)C(=O)N(C)C2=O)C[C@@H]1OC. The fraction of sp³-hybridized carbons (Fsp3) is 0.857. The lowest BCUT2D eigenvalue weighted by Crippen LogP contribution is -2.61. The zero-order valence-corrected chi connectivity index (χ0v) is 13.3. The molecule has 0 aromatic heterocycles. The number of hydrogen-bond donors (Lipinski definition) is 0. The average molecular weight is 300 g/mol. The second-order valence-electron chi connectivity index (χ2n) is 6.25. The first-order valence-electron chi connectivity index (χ1n) is 7.07. The highest BCUT2D eigenvalue weighted by molar-refractivity contribution is 5.99. The van der Waals surface area contributed by atoms with Crippen LogP contribution < -0.4 is 0 Å². The Morgan fingerprint density at radius 3 is 2.57 bits per heavy atom. The molecule has 0 bridgehead atoms. The van der Waals surface area contributed by atoms with E-state index in [-0.39, 0.29) is 24.1 Å². The minimum absolute atomic E-state index is 0.117. The van der Waals surface area contributed by atoms with Gasteiger partial charge in [-0.15, -0.1) is 0 Å². The van der Waals surface area contributed by atoms with E-state index < -0.39 is 11.6 Å². The molecule has 0 aromatic carbocycles. The summed E-state index contributed by atoms with van der Waals surface area (Å²) in [6, 6.07) is -0.322. The molecular formula is C14H24N2O5. The molecule has 0 aliphatic carbocycles. The van der Waals surface area contributed by atoms with E-state index >= 15 is 0 Å². The van der Waals surface area contributed by atoms with Crippen molar-refractivity contribution in [2.24, 2.45) is 5.41 Å². The second kappa shape index (κ2) is 5.90. The maximum atomic E-state index is 12.3. The smallest absolute Gasteiger partial charge is 0.328 e. The van der Waals surface area contributed by atoms with Gasteiger partial charge in [0.2, 0.25) is 5.91 Å². The number of urea groups is 1. The molecule has 0 spiro atoms. The van der Waals surface area contributed by atoms with E-state index in [1.54, 1.807) is 19.1 Å². The highest BCUT2D eigenvalue weighted by Crippen LogP contribution is 2.33. The van der Waals surface area contributed by atoms with E-state index in [2.05, 4.69) is 0 Å². The zero-order valence-electron chi connectivity index (χ0n) is 13.3. The van der Waals surface area contributed by atoms with Crippen LogP contribution in [-0.2, 0) is 19.0 Å². The van der Waals surface area contributed by atoms with Crippen molar-refractivity contribution in [2.45, 2.75) is 38.7 Å². The molecule has 0 N–H and O–H groups in total. The van der Waals surface area contributed by atoms with Gasteiger partial charge in [0.15, 0.2) is 0 Å². The average Bonchev–Trinajstić information content (AvgIpc) is 2.84. The molecule has 0 saturated carbocycles. The summed E-state index contributed by atoms with van der Waals surface area (Å²) < 4.78 is 16.4. The summed E-state index contributed by atoms with van der Waals surface area (Å²) in [5, 5.41) is 0. The molecular weight excluding hydrogens is 276 g/mol. The monoisotopic (exact) mass is 300 g/mol. The fourth-order valence-corrected chi connectivity index (χ4v) is 2.97. The van der Waals surface area contributed by atoms with Crippen molar-refractivity contribution < 1.29 is 23.8 Å². The van der Waals surface area contributed by atoms with Crippen LogP contribution >= 0.6 is 0 Å². The van der Waals surface area contributed by atoms with E-state index in [1.165, 1.54) is 7.05 Å². The molecule has 0 unspecified atom stereocenters.